The van der Waals surface area contributed by atoms with Gasteiger partial charge in [-0.05, 0) is 24.6 Å². The summed E-state index contributed by atoms with van der Waals surface area (Å²) >= 11 is 0. The van der Waals surface area contributed by atoms with Gasteiger partial charge in [0.1, 0.15) is 17.1 Å². The lowest BCUT2D eigenvalue weighted by molar-refractivity contribution is -0.139. The van der Waals surface area contributed by atoms with Gasteiger partial charge < -0.3 is 19.1 Å². The van der Waals surface area contributed by atoms with Gasteiger partial charge in [0.05, 0.1) is 14.2 Å². The molecule has 0 unspecified atom stereocenters. The smallest absolute Gasteiger partial charge is 0.346 e. The van der Waals surface area contributed by atoms with E-state index < -0.39 is 12.1 Å². The number of amides is 1. The number of hydrogen-bond acceptors (Lipinski definition) is 5. The Balaban J connectivity index is 2.08. The first kappa shape index (κ1) is 19.3. The monoisotopic (exact) mass is 357 g/mol. The van der Waals surface area contributed by atoms with Crippen molar-refractivity contribution in [3.63, 3.8) is 0 Å². The summed E-state index contributed by atoms with van der Waals surface area (Å²) in [6.45, 7) is 1.98. The minimum atomic E-state index is -0.939. The molecule has 26 heavy (non-hydrogen) atoms. The molecular weight excluding hydrogens is 334 g/mol. The van der Waals surface area contributed by atoms with Crippen molar-refractivity contribution >= 4 is 11.9 Å². The van der Waals surface area contributed by atoms with E-state index >= 15 is 0 Å². The standard InChI is InChI=1S/C20H23NO5/c1-14(19(22)21(2)13-15-9-6-5-7-10-15)26-20(23)18-16(24-3)11-8-12-17(18)25-4/h5-12,14H,13H2,1-4H3/t14-/m0/s1. The van der Waals surface area contributed by atoms with Crippen molar-refractivity contribution in [2.75, 3.05) is 21.3 Å². The van der Waals surface area contributed by atoms with E-state index in [1.54, 1.807) is 32.2 Å². The molecule has 138 valence electrons. The Morgan fingerprint density at radius 3 is 2.08 bits per heavy atom. The number of carbonyl (C=O) groups is 2. The third kappa shape index (κ3) is 4.53. The molecule has 0 aromatic heterocycles. The largest absolute Gasteiger partial charge is 0.496 e. The second kappa shape index (κ2) is 8.89. The van der Waals surface area contributed by atoms with E-state index in [1.807, 2.05) is 30.3 Å². The molecule has 6 heteroatoms. The van der Waals surface area contributed by atoms with Gasteiger partial charge in [0.25, 0.3) is 5.91 Å². The molecule has 1 atom stereocenters. The second-order valence-corrected chi connectivity index (χ2v) is 5.76. The molecule has 0 aliphatic heterocycles. The van der Waals surface area contributed by atoms with Gasteiger partial charge >= 0.3 is 5.97 Å². The first-order chi connectivity index (χ1) is 12.5. The summed E-state index contributed by atoms with van der Waals surface area (Å²) in [5.74, 6) is -0.317. The first-order valence-electron chi connectivity index (χ1n) is 8.18. The average molecular weight is 357 g/mol. The number of nitrogens with zero attached hydrogens (tertiary/aromatic N) is 1. The number of likely N-dealkylation sites (N-methyl/N-ethyl adjacent to an activating group) is 1. The highest BCUT2D eigenvalue weighted by Crippen LogP contribution is 2.29. The van der Waals surface area contributed by atoms with Crippen LogP contribution in [0.3, 0.4) is 0 Å². The zero-order valence-corrected chi connectivity index (χ0v) is 15.4. The fraction of sp³-hybridized carbons (Fsp3) is 0.300. The molecule has 2 aromatic rings. The predicted molar refractivity (Wildman–Crippen MR) is 97.3 cm³/mol. The lowest BCUT2D eigenvalue weighted by Crippen LogP contribution is -2.37. The molecule has 0 aliphatic carbocycles. The van der Waals surface area contributed by atoms with E-state index in [1.165, 1.54) is 19.1 Å². The van der Waals surface area contributed by atoms with Gasteiger partial charge in [-0.15, -0.1) is 0 Å². The van der Waals surface area contributed by atoms with Crippen LogP contribution < -0.4 is 9.47 Å². The van der Waals surface area contributed by atoms with Crippen LogP contribution in [0.5, 0.6) is 11.5 Å². The van der Waals surface area contributed by atoms with Crippen molar-refractivity contribution in [2.24, 2.45) is 0 Å². The lowest BCUT2D eigenvalue weighted by atomic mass is 10.1. The van der Waals surface area contributed by atoms with Crippen LogP contribution in [0.4, 0.5) is 0 Å². The number of benzene rings is 2. The third-order valence-electron chi connectivity index (χ3n) is 3.90. The van der Waals surface area contributed by atoms with Crippen LogP contribution in [-0.2, 0) is 16.1 Å². The van der Waals surface area contributed by atoms with Crippen LogP contribution in [0.2, 0.25) is 0 Å². The van der Waals surface area contributed by atoms with E-state index in [4.69, 9.17) is 14.2 Å². The zero-order valence-electron chi connectivity index (χ0n) is 15.4. The molecule has 0 bridgehead atoms. The molecule has 2 rings (SSSR count). The molecule has 0 N–H and O–H groups in total. The Morgan fingerprint density at radius 2 is 1.54 bits per heavy atom. The van der Waals surface area contributed by atoms with Crippen LogP contribution >= 0.6 is 0 Å². The van der Waals surface area contributed by atoms with Gasteiger partial charge in [0.15, 0.2) is 6.10 Å². The van der Waals surface area contributed by atoms with E-state index in [-0.39, 0.29) is 11.5 Å². The third-order valence-corrected chi connectivity index (χ3v) is 3.90. The molecule has 2 aromatic carbocycles. The Labute approximate surface area is 153 Å². The summed E-state index contributed by atoms with van der Waals surface area (Å²) < 4.78 is 15.8. The number of ether oxygens (including phenoxy) is 3. The Morgan fingerprint density at radius 1 is 0.962 bits per heavy atom. The van der Waals surface area contributed by atoms with Crippen molar-refractivity contribution in [3.05, 3.63) is 59.7 Å². The van der Waals surface area contributed by atoms with Gasteiger partial charge in [-0.25, -0.2) is 4.79 Å². The van der Waals surface area contributed by atoms with E-state index in [2.05, 4.69) is 0 Å². The highest BCUT2D eigenvalue weighted by Gasteiger charge is 2.26. The maximum Gasteiger partial charge on any atom is 0.346 e. The van der Waals surface area contributed by atoms with Crippen LogP contribution in [0.25, 0.3) is 0 Å². The summed E-state index contributed by atoms with van der Waals surface area (Å²) in [4.78, 5) is 26.6. The SMILES string of the molecule is COc1cccc(OC)c1C(=O)O[C@@H](C)C(=O)N(C)Cc1ccccc1. The summed E-state index contributed by atoms with van der Waals surface area (Å²) in [5.41, 5.74) is 1.15. The number of esters is 1. The van der Waals surface area contributed by atoms with Crippen LogP contribution in [0, 0.1) is 0 Å². The molecule has 0 radical (unpaired) electrons. The molecule has 0 saturated carbocycles. The zero-order chi connectivity index (χ0) is 19.1. The van der Waals surface area contributed by atoms with Crippen LogP contribution in [-0.4, -0.2) is 44.1 Å². The van der Waals surface area contributed by atoms with Crippen molar-refractivity contribution < 1.29 is 23.8 Å². The molecule has 1 amide bonds. The van der Waals surface area contributed by atoms with Crippen molar-refractivity contribution in [1.82, 2.24) is 4.90 Å². The molecule has 0 aliphatic rings. The predicted octanol–water partition coefficient (Wildman–Crippen LogP) is 2.91. The van der Waals surface area contributed by atoms with Crippen LogP contribution in [0.15, 0.2) is 48.5 Å². The maximum absolute atomic E-state index is 12.5. The molecule has 0 saturated heterocycles. The maximum atomic E-state index is 12.5. The number of hydrogen-bond donors (Lipinski definition) is 0. The summed E-state index contributed by atoms with van der Waals surface area (Å²) in [6, 6.07) is 14.6. The fourth-order valence-electron chi connectivity index (χ4n) is 2.57. The normalized spacial score (nSPS) is 11.4. The quantitative estimate of drug-likeness (QED) is 0.713. The van der Waals surface area contributed by atoms with Gasteiger partial charge in [-0.3, -0.25) is 4.79 Å². The number of rotatable bonds is 7. The molecule has 6 nitrogen and oxygen atoms in total. The number of methoxy groups -OCH3 is 2. The minimum Gasteiger partial charge on any atom is -0.496 e. The molecule has 0 spiro atoms. The number of carbonyl (C=O) groups excluding carboxylic acids is 2. The molecule has 0 heterocycles. The van der Waals surface area contributed by atoms with Gasteiger partial charge in [-0.1, -0.05) is 36.4 Å². The van der Waals surface area contributed by atoms with Crippen molar-refractivity contribution in [3.8, 4) is 11.5 Å². The Bertz CT molecular complexity index is 738. The minimum absolute atomic E-state index is 0.155. The van der Waals surface area contributed by atoms with E-state index in [0.29, 0.717) is 18.0 Å². The average Bonchev–Trinajstić information content (AvgIpc) is 2.67. The van der Waals surface area contributed by atoms with E-state index in [0.717, 1.165) is 5.56 Å². The highest BCUT2D eigenvalue weighted by molar-refractivity contribution is 5.97. The van der Waals surface area contributed by atoms with Gasteiger partial charge in [0.2, 0.25) is 0 Å². The summed E-state index contributed by atoms with van der Waals surface area (Å²) in [7, 11) is 4.57. The fourth-order valence-corrected chi connectivity index (χ4v) is 2.57. The first-order valence-corrected chi connectivity index (χ1v) is 8.18. The highest BCUT2D eigenvalue weighted by atomic mass is 16.6. The summed E-state index contributed by atoms with van der Waals surface area (Å²) in [5, 5.41) is 0. The topological polar surface area (TPSA) is 65.1 Å². The van der Waals surface area contributed by atoms with Crippen LogP contribution in [0.1, 0.15) is 22.8 Å². The second-order valence-electron chi connectivity index (χ2n) is 5.76. The Kier molecular flexibility index (Phi) is 6.60. The van der Waals surface area contributed by atoms with Gasteiger partial charge in [0, 0.05) is 13.6 Å². The molecule has 0 fully saturated rings. The Hall–Kier alpha value is -3.02. The van der Waals surface area contributed by atoms with Crippen molar-refractivity contribution in [2.45, 2.75) is 19.6 Å². The lowest BCUT2D eigenvalue weighted by Gasteiger charge is -2.22. The van der Waals surface area contributed by atoms with Crippen molar-refractivity contribution in [1.29, 1.82) is 0 Å². The molecular formula is C20H23NO5. The van der Waals surface area contributed by atoms with Gasteiger partial charge in [-0.2, -0.15) is 0 Å². The van der Waals surface area contributed by atoms with E-state index in [9.17, 15) is 9.59 Å². The summed E-state index contributed by atoms with van der Waals surface area (Å²) in [6.07, 6.45) is -0.939.